The minimum atomic E-state index is -0.336. The Morgan fingerprint density at radius 1 is 1.43 bits per heavy atom. The highest BCUT2D eigenvalue weighted by Crippen LogP contribution is 2.16. The third-order valence-corrected chi connectivity index (χ3v) is 2.00. The Morgan fingerprint density at radius 3 is 2.29 bits per heavy atom. The van der Waals surface area contributed by atoms with Crippen LogP contribution >= 0.6 is 0 Å². The fourth-order valence-electron chi connectivity index (χ4n) is 1.74. The fraction of sp³-hybridized carbons (Fsp3) is 0.909. The number of nitrogens with one attached hydrogen (secondary N) is 1. The molecule has 0 heterocycles. The van der Waals surface area contributed by atoms with Gasteiger partial charge in [0.1, 0.15) is 0 Å². The summed E-state index contributed by atoms with van der Waals surface area (Å²) in [6.45, 7) is 9.51. The van der Waals surface area contributed by atoms with Gasteiger partial charge in [-0.25, -0.2) is 0 Å². The normalized spacial score (nSPS) is 14.2. The van der Waals surface area contributed by atoms with E-state index in [1.165, 1.54) is 6.92 Å². The summed E-state index contributed by atoms with van der Waals surface area (Å²) in [5, 5.41) is 12.5. The van der Waals surface area contributed by atoms with Crippen molar-refractivity contribution in [1.29, 1.82) is 0 Å². The average molecular weight is 201 g/mol. The third-order valence-electron chi connectivity index (χ3n) is 2.00. The van der Waals surface area contributed by atoms with Crippen molar-refractivity contribution in [3.63, 3.8) is 0 Å². The first-order chi connectivity index (χ1) is 6.23. The zero-order valence-corrected chi connectivity index (χ0v) is 9.92. The molecule has 0 fully saturated rings. The lowest BCUT2D eigenvalue weighted by atomic mass is 9.92. The molecule has 0 aromatic rings. The Kier molecular flexibility index (Phi) is 5.13. The highest BCUT2D eigenvalue weighted by atomic mass is 16.3. The summed E-state index contributed by atoms with van der Waals surface area (Å²) in [7, 11) is 0. The fourth-order valence-corrected chi connectivity index (χ4v) is 1.74. The van der Waals surface area contributed by atoms with Crippen molar-refractivity contribution >= 4 is 5.91 Å². The first-order valence-corrected chi connectivity index (χ1v) is 5.20. The van der Waals surface area contributed by atoms with Crippen molar-refractivity contribution in [1.82, 2.24) is 5.32 Å². The maximum Gasteiger partial charge on any atom is 0.217 e. The Bertz CT molecular complexity index is 188. The average Bonchev–Trinajstić information content (AvgIpc) is 1.77. The predicted octanol–water partition coefficient (Wildman–Crippen LogP) is 1.70. The van der Waals surface area contributed by atoms with Gasteiger partial charge in [0.25, 0.3) is 0 Å². The van der Waals surface area contributed by atoms with Gasteiger partial charge in [0.15, 0.2) is 0 Å². The maximum atomic E-state index is 10.9. The van der Waals surface area contributed by atoms with Crippen LogP contribution in [-0.4, -0.2) is 22.7 Å². The van der Waals surface area contributed by atoms with Crippen LogP contribution in [0.4, 0.5) is 0 Å². The van der Waals surface area contributed by atoms with E-state index in [0.29, 0.717) is 12.3 Å². The molecule has 0 aliphatic heterocycles. The van der Waals surface area contributed by atoms with Crippen LogP contribution in [0.5, 0.6) is 0 Å². The lowest BCUT2D eigenvalue weighted by Crippen LogP contribution is -2.44. The van der Waals surface area contributed by atoms with Crippen LogP contribution < -0.4 is 5.32 Å². The zero-order chi connectivity index (χ0) is 11.4. The number of carbonyl (C=O) groups excluding carboxylic acids is 1. The number of hydrogen-bond donors (Lipinski definition) is 2. The number of rotatable bonds is 5. The summed E-state index contributed by atoms with van der Waals surface area (Å²) in [6.07, 6.45) is 1.05. The second-order valence-corrected chi connectivity index (χ2v) is 5.05. The largest absolute Gasteiger partial charge is 0.393 e. The SMILES string of the molecule is CC(=O)NC(C)(C)CC(O)CC(C)C. The molecule has 0 bridgehead atoms. The van der Waals surface area contributed by atoms with E-state index in [1.807, 2.05) is 13.8 Å². The number of aliphatic hydroxyl groups excluding tert-OH is 1. The first kappa shape index (κ1) is 13.4. The molecule has 0 aliphatic carbocycles. The van der Waals surface area contributed by atoms with E-state index >= 15 is 0 Å². The lowest BCUT2D eigenvalue weighted by molar-refractivity contribution is -0.120. The summed E-state index contributed by atoms with van der Waals surface area (Å²) >= 11 is 0. The van der Waals surface area contributed by atoms with E-state index in [9.17, 15) is 9.90 Å². The van der Waals surface area contributed by atoms with Crippen LogP contribution in [0.15, 0.2) is 0 Å². The van der Waals surface area contributed by atoms with Crippen molar-refractivity contribution in [2.45, 2.75) is 59.1 Å². The molecule has 1 amide bonds. The molecule has 3 heteroatoms. The number of aliphatic hydroxyl groups is 1. The predicted molar refractivity (Wildman–Crippen MR) is 58.0 cm³/mol. The molecule has 1 unspecified atom stereocenters. The van der Waals surface area contributed by atoms with E-state index < -0.39 is 0 Å². The molecular weight excluding hydrogens is 178 g/mol. The van der Waals surface area contributed by atoms with E-state index in [-0.39, 0.29) is 17.6 Å². The molecule has 0 radical (unpaired) electrons. The molecule has 3 nitrogen and oxygen atoms in total. The monoisotopic (exact) mass is 201 g/mol. The highest BCUT2D eigenvalue weighted by molar-refractivity contribution is 5.73. The molecular formula is C11H23NO2. The van der Waals surface area contributed by atoms with Gasteiger partial charge in [-0.15, -0.1) is 0 Å². The molecule has 0 saturated carbocycles. The van der Waals surface area contributed by atoms with Crippen molar-refractivity contribution in [2.24, 2.45) is 5.92 Å². The van der Waals surface area contributed by atoms with Crippen molar-refractivity contribution in [3.05, 3.63) is 0 Å². The van der Waals surface area contributed by atoms with Gasteiger partial charge in [-0.1, -0.05) is 13.8 Å². The van der Waals surface area contributed by atoms with Gasteiger partial charge in [-0.05, 0) is 32.6 Å². The topological polar surface area (TPSA) is 49.3 Å². The summed E-state index contributed by atoms with van der Waals surface area (Å²) in [4.78, 5) is 10.9. The maximum absolute atomic E-state index is 10.9. The van der Waals surface area contributed by atoms with Gasteiger partial charge < -0.3 is 10.4 Å². The molecule has 0 aliphatic rings. The van der Waals surface area contributed by atoms with Crippen LogP contribution in [-0.2, 0) is 4.79 Å². The Labute approximate surface area is 86.9 Å². The van der Waals surface area contributed by atoms with Gasteiger partial charge in [0, 0.05) is 12.5 Å². The van der Waals surface area contributed by atoms with Crippen LogP contribution in [0.3, 0.4) is 0 Å². The van der Waals surface area contributed by atoms with Crippen molar-refractivity contribution in [2.75, 3.05) is 0 Å². The molecule has 14 heavy (non-hydrogen) atoms. The number of carbonyl (C=O) groups is 1. The third kappa shape index (κ3) is 6.89. The van der Waals surface area contributed by atoms with Crippen molar-refractivity contribution < 1.29 is 9.90 Å². The molecule has 0 aromatic carbocycles. The van der Waals surface area contributed by atoms with E-state index in [4.69, 9.17) is 0 Å². The van der Waals surface area contributed by atoms with Gasteiger partial charge in [-0.3, -0.25) is 4.79 Å². The summed E-state index contributed by atoms with van der Waals surface area (Å²) < 4.78 is 0. The zero-order valence-electron chi connectivity index (χ0n) is 9.92. The van der Waals surface area contributed by atoms with Gasteiger partial charge in [0.05, 0.1) is 6.10 Å². The molecule has 0 rings (SSSR count). The Hall–Kier alpha value is -0.570. The number of amides is 1. The second-order valence-electron chi connectivity index (χ2n) is 5.05. The minimum absolute atomic E-state index is 0.0493. The summed E-state index contributed by atoms with van der Waals surface area (Å²) in [5.74, 6) is 0.435. The van der Waals surface area contributed by atoms with Gasteiger partial charge in [0.2, 0.25) is 5.91 Å². The highest BCUT2D eigenvalue weighted by Gasteiger charge is 2.23. The standard InChI is InChI=1S/C11H23NO2/c1-8(2)6-10(14)7-11(4,5)12-9(3)13/h8,10,14H,6-7H2,1-5H3,(H,12,13). The lowest BCUT2D eigenvalue weighted by Gasteiger charge is -2.28. The minimum Gasteiger partial charge on any atom is -0.393 e. The first-order valence-electron chi connectivity index (χ1n) is 5.20. The summed E-state index contributed by atoms with van der Waals surface area (Å²) in [6, 6.07) is 0. The van der Waals surface area contributed by atoms with Gasteiger partial charge >= 0.3 is 0 Å². The Balaban J connectivity index is 4.00. The van der Waals surface area contributed by atoms with E-state index in [1.54, 1.807) is 0 Å². The quantitative estimate of drug-likeness (QED) is 0.711. The molecule has 0 aromatic heterocycles. The molecule has 84 valence electrons. The number of hydrogen-bond acceptors (Lipinski definition) is 2. The van der Waals surface area contributed by atoms with Crippen molar-refractivity contribution in [3.8, 4) is 0 Å². The smallest absolute Gasteiger partial charge is 0.217 e. The van der Waals surface area contributed by atoms with Crippen LogP contribution in [0.1, 0.15) is 47.5 Å². The molecule has 0 spiro atoms. The van der Waals surface area contributed by atoms with Crippen LogP contribution in [0.2, 0.25) is 0 Å². The molecule has 2 N–H and O–H groups in total. The van der Waals surface area contributed by atoms with E-state index in [0.717, 1.165) is 6.42 Å². The van der Waals surface area contributed by atoms with Gasteiger partial charge in [-0.2, -0.15) is 0 Å². The Morgan fingerprint density at radius 2 is 1.93 bits per heavy atom. The molecule has 0 saturated heterocycles. The van der Waals surface area contributed by atoms with Crippen LogP contribution in [0.25, 0.3) is 0 Å². The van der Waals surface area contributed by atoms with Crippen LogP contribution in [0, 0.1) is 5.92 Å². The van der Waals surface area contributed by atoms with E-state index in [2.05, 4.69) is 19.2 Å². The summed E-state index contributed by atoms with van der Waals surface area (Å²) in [5.41, 5.74) is -0.319. The second kappa shape index (κ2) is 5.35. The molecule has 1 atom stereocenters.